The van der Waals surface area contributed by atoms with E-state index in [1.807, 2.05) is 0 Å². The molecule has 0 nitrogen and oxygen atoms in total. The molecule has 0 heterocycles. The van der Waals surface area contributed by atoms with Crippen molar-refractivity contribution in [2.45, 2.75) is 46.0 Å². The third kappa shape index (κ3) is 4.44. The zero-order valence-electron chi connectivity index (χ0n) is 17.5. The van der Waals surface area contributed by atoms with Crippen LogP contribution < -0.4 is 0 Å². The van der Waals surface area contributed by atoms with E-state index in [1.54, 1.807) is 5.57 Å². The van der Waals surface area contributed by atoms with Crippen molar-refractivity contribution < 1.29 is 26.2 Å². The molecule has 0 spiro atoms. The van der Waals surface area contributed by atoms with E-state index in [2.05, 4.69) is 88.0 Å². The van der Waals surface area contributed by atoms with Crippen LogP contribution in [0.25, 0.3) is 11.1 Å². The maximum atomic E-state index is 4.00. The molecule has 2 aliphatic carbocycles. The second kappa shape index (κ2) is 10.4. The van der Waals surface area contributed by atoms with Crippen LogP contribution in [-0.4, -0.2) is 0 Å². The SMILES string of the molecule is C=CCCC(C)(C1=CC(C)=CC1)C1c2ccccc2-c2c(C)cccc21.Cl.Cl.[Zr]. The van der Waals surface area contributed by atoms with Gasteiger partial charge < -0.3 is 0 Å². The fraction of sp³-hybridized carbons (Fsp3) is 0.308. The van der Waals surface area contributed by atoms with Gasteiger partial charge in [-0.2, -0.15) is 0 Å². The van der Waals surface area contributed by atoms with E-state index in [4.69, 9.17) is 0 Å². The fourth-order valence-corrected chi connectivity index (χ4v) is 5.08. The molecular formula is C26H30Cl2Zr. The maximum absolute atomic E-state index is 4.00. The molecule has 0 fully saturated rings. The summed E-state index contributed by atoms with van der Waals surface area (Å²) in [5.74, 6) is 0.416. The number of hydrogen-bond donors (Lipinski definition) is 0. The van der Waals surface area contributed by atoms with Crippen LogP contribution in [0.1, 0.15) is 55.7 Å². The molecule has 2 aromatic rings. The molecule has 0 aliphatic heterocycles. The van der Waals surface area contributed by atoms with Gasteiger partial charge in [-0.15, -0.1) is 31.4 Å². The van der Waals surface area contributed by atoms with Gasteiger partial charge in [-0.25, -0.2) is 0 Å². The summed E-state index contributed by atoms with van der Waals surface area (Å²) in [7, 11) is 0. The van der Waals surface area contributed by atoms with Crippen LogP contribution in [0.2, 0.25) is 0 Å². The molecular weight excluding hydrogens is 474 g/mol. The van der Waals surface area contributed by atoms with Crippen molar-refractivity contribution in [2.24, 2.45) is 5.41 Å². The third-order valence-corrected chi connectivity index (χ3v) is 6.44. The molecule has 0 aromatic heterocycles. The Morgan fingerprint density at radius 3 is 2.38 bits per heavy atom. The van der Waals surface area contributed by atoms with Gasteiger partial charge >= 0.3 is 0 Å². The van der Waals surface area contributed by atoms with Crippen molar-refractivity contribution in [1.29, 1.82) is 0 Å². The normalized spacial score (nSPS) is 18.0. The van der Waals surface area contributed by atoms with Crippen LogP contribution in [0, 0.1) is 12.3 Å². The Bertz CT molecular complexity index is 941. The van der Waals surface area contributed by atoms with Crippen LogP contribution in [0.5, 0.6) is 0 Å². The molecule has 0 saturated carbocycles. The number of halogens is 2. The van der Waals surface area contributed by atoms with Crippen LogP contribution >= 0.6 is 24.8 Å². The van der Waals surface area contributed by atoms with Crippen molar-refractivity contribution in [3.63, 3.8) is 0 Å². The minimum atomic E-state index is 0. The first kappa shape index (κ1) is 26.2. The Hall–Kier alpha value is -0.877. The number of hydrogen-bond acceptors (Lipinski definition) is 0. The van der Waals surface area contributed by atoms with Crippen molar-refractivity contribution in [1.82, 2.24) is 0 Å². The standard InChI is InChI=1S/C26H28.2ClH.Zr/c1-5-6-16-26(4,20-15-14-18(2)17-20)25-22-12-8-7-11-21(22)24-19(3)10-9-13-23(24)25;;;/h5,7-14,17,25H,1,6,15-16H2,2-4H3;2*1H;. The largest absolute Gasteiger partial charge is 0.147 e. The van der Waals surface area contributed by atoms with Crippen LogP contribution in [0.4, 0.5) is 0 Å². The summed E-state index contributed by atoms with van der Waals surface area (Å²) in [6.07, 6.45) is 10.1. The molecule has 3 heteroatoms. The zero-order valence-corrected chi connectivity index (χ0v) is 21.6. The quantitative estimate of drug-likeness (QED) is 0.360. The molecule has 0 saturated heterocycles. The topological polar surface area (TPSA) is 0 Å². The fourth-order valence-electron chi connectivity index (χ4n) is 5.08. The van der Waals surface area contributed by atoms with Crippen LogP contribution in [0.3, 0.4) is 0 Å². The Balaban J connectivity index is 0.00000140. The van der Waals surface area contributed by atoms with Gasteiger partial charge in [0.2, 0.25) is 0 Å². The molecule has 29 heavy (non-hydrogen) atoms. The summed E-state index contributed by atoms with van der Waals surface area (Å²) in [6.45, 7) is 11.0. The summed E-state index contributed by atoms with van der Waals surface area (Å²) in [5.41, 5.74) is 10.4. The number of fused-ring (bicyclic) bond motifs is 3. The van der Waals surface area contributed by atoms with Gasteiger partial charge in [0, 0.05) is 37.5 Å². The molecule has 0 radical (unpaired) electrons. The number of allylic oxidation sites excluding steroid dienone is 5. The predicted molar refractivity (Wildman–Crippen MR) is 127 cm³/mol. The zero-order chi connectivity index (χ0) is 18.3. The van der Waals surface area contributed by atoms with Gasteiger partial charge in [0.05, 0.1) is 0 Å². The molecule has 2 aromatic carbocycles. The number of benzene rings is 2. The van der Waals surface area contributed by atoms with Crippen molar-refractivity contribution in [3.8, 4) is 11.1 Å². The molecule has 0 bridgehead atoms. The van der Waals surface area contributed by atoms with E-state index in [0.717, 1.165) is 19.3 Å². The first-order valence-electron chi connectivity index (χ1n) is 9.74. The van der Waals surface area contributed by atoms with Gasteiger partial charge in [0.1, 0.15) is 0 Å². The molecule has 2 unspecified atom stereocenters. The minimum Gasteiger partial charge on any atom is -0.147 e. The minimum absolute atomic E-state index is 0. The average Bonchev–Trinajstić information content (AvgIpc) is 3.22. The Kier molecular flexibility index (Phi) is 9.41. The second-order valence-electron chi connectivity index (χ2n) is 8.13. The summed E-state index contributed by atoms with van der Waals surface area (Å²) in [4.78, 5) is 0. The molecule has 2 aliphatic rings. The van der Waals surface area contributed by atoms with E-state index < -0.39 is 0 Å². The number of aryl methyl sites for hydroxylation is 1. The van der Waals surface area contributed by atoms with E-state index in [1.165, 1.54) is 33.4 Å². The van der Waals surface area contributed by atoms with E-state index in [0.29, 0.717) is 5.92 Å². The van der Waals surface area contributed by atoms with Crippen LogP contribution in [-0.2, 0) is 26.2 Å². The average molecular weight is 505 g/mol. The van der Waals surface area contributed by atoms with E-state index in [9.17, 15) is 0 Å². The summed E-state index contributed by atoms with van der Waals surface area (Å²) < 4.78 is 0. The van der Waals surface area contributed by atoms with Crippen molar-refractivity contribution in [2.75, 3.05) is 0 Å². The van der Waals surface area contributed by atoms with Crippen molar-refractivity contribution in [3.05, 3.63) is 95.1 Å². The summed E-state index contributed by atoms with van der Waals surface area (Å²) >= 11 is 0. The third-order valence-electron chi connectivity index (χ3n) is 6.44. The maximum Gasteiger partial charge on any atom is 0.0193 e. The summed E-state index contributed by atoms with van der Waals surface area (Å²) in [6, 6.07) is 15.9. The van der Waals surface area contributed by atoms with E-state index in [-0.39, 0.29) is 56.4 Å². The molecule has 4 rings (SSSR count). The molecule has 0 amide bonds. The first-order chi connectivity index (χ1) is 12.6. The van der Waals surface area contributed by atoms with Gasteiger partial charge in [-0.1, -0.05) is 78.8 Å². The first-order valence-corrected chi connectivity index (χ1v) is 9.74. The Morgan fingerprint density at radius 2 is 1.72 bits per heavy atom. The predicted octanol–water partition coefficient (Wildman–Crippen LogP) is 8.20. The van der Waals surface area contributed by atoms with Crippen molar-refractivity contribution >= 4 is 24.8 Å². The second-order valence-corrected chi connectivity index (χ2v) is 8.13. The van der Waals surface area contributed by atoms with Gasteiger partial charge in [-0.05, 0) is 60.9 Å². The molecule has 0 N–H and O–H groups in total. The van der Waals surface area contributed by atoms with Crippen LogP contribution in [0.15, 0.2) is 78.4 Å². The Labute approximate surface area is 207 Å². The van der Waals surface area contributed by atoms with Gasteiger partial charge in [0.15, 0.2) is 0 Å². The summed E-state index contributed by atoms with van der Waals surface area (Å²) in [5, 5.41) is 0. The smallest absolute Gasteiger partial charge is 0.0193 e. The van der Waals surface area contributed by atoms with Gasteiger partial charge in [-0.3, -0.25) is 0 Å². The van der Waals surface area contributed by atoms with E-state index >= 15 is 0 Å². The molecule has 2 atom stereocenters. The Morgan fingerprint density at radius 1 is 1.03 bits per heavy atom. The number of rotatable bonds is 5. The molecule has 152 valence electrons. The monoisotopic (exact) mass is 502 g/mol. The van der Waals surface area contributed by atoms with Gasteiger partial charge in [0.25, 0.3) is 0 Å².